The Labute approximate surface area is 46.8 Å². The molecule has 0 saturated carbocycles. The van der Waals surface area contributed by atoms with Crippen LogP contribution in [0.25, 0.3) is 0 Å². The second-order valence-electron chi connectivity index (χ2n) is 0.594. The molecule has 0 rings (SSSR count). The fourth-order valence-corrected chi connectivity index (χ4v) is 0. The summed E-state index contributed by atoms with van der Waals surface area (Å²) in [6, 6.07) is 0. The van der Waals surface area contributed by atoms with Gasteiger partial charge in [-0.3, -0.25) is 8.74 Å². The van der Waals surface area contributed by atoms with E-state index in [4.69, 9.17) is 9.76 Å². The quantitative estimate of drug-likeness (QED) is 0.315. The molecule has 6 nitrogen and oxygen atoms in total. The van der Waals surface area contributed by atoms with E-state index in [0.29, 0.717) is 0 Å². The first-order valence-electron chi connectivity index (χ1n) is 1.35. The third-order valence-electron chi connectivity index (χ3n) is 0.211. The van der Waals surface area contributed by atoms with Gasteiger partial charge in [-0.25, -0.2) is 5.90 Å². The van der Waals surface area contributed by atoms with Crippen LogP contribution in [0.4, 0.5) is 0 Å². The Morgan fingerprint density at radius 2 is 1.62 bits per heavy atom. The zero-order valence-electron chi connectivity index (χ0n) is 4.10. The van der Waals surface area contributed by atoms with Crippen molar-refractivity contribution in [1.82, 2.24) is 0 Å². The van der Waals surface area contributed by atoms with Gasteiger partial charge in [0.05, 0.1) is 7.11 Å². The molecule has 0 aliphatic carbocycles. The Balaban J connectivity index is 0. The number of rotatable bonds is 1. The summed E-state index contributed by atoms with van der Waals surface area (Å²) in [5.41, 5.74) is 0. The molecule has 0 fully saturated rings. The Hall–Kier alpha value is -0.210. The highest BCUT2D eigenvalue weighted by Crippen LogP contribution is 1.74. The maximum atomic E-state index is 9.33. The van der Waals surface area contributed by atoms with Gasteiger partial charge in [-0.1, -0.05) is 0 Å². The van der Waals surface area contributed by atoms with Crippen molar-refractivity contribution in [3.8, 4) is 0 Å². The molecule has 0 amide bonds. The lowest BCUT2D eigenvalue weighted by atomic mass is 11.8. The fraction of sp³-hybridized carbons (Fsp3) is 1.00. The van der Waals surface area contributed by atoms with Gasteiger partial charge in [0.2, 0.25) is 0 Å². The molecule has 0 aromatic carbocycles. The van der Waals surface area contributed by atoms with Gasteiger partial charge in [-0.05, 0) is 0 Å². The third-order valence-corrected chi connectivity index (χ3v) is 0.632. The molecule has 0 unspecified atom stereocenters. The summed E-state index contributed by atoms with van der Waals surface area (Å²) in [5, 5.41) is 6.50. The molecule has 0 bridgehead atoms. The van der Waals surface area contributed by atoms with Crippen LogP contribution in [0.3, 0.4) is 0 Å². The number of hydrogen-bond acceptors (Lipinski definition) is 5. The molecular formula is CH7NO5S. The SMILES string of the molecule is COS(=O)(=O)O.NO. The Bertz CT molecular complexity index is 114. The van der Waals surface area contributed by atoms with Crippen molar-refractivity contribution in [2.24, 2.45) is 5.90 Å². The minimum Gasteiger partial charge on any atom is -0.320 e. The van der Waals surface area contributed by atoms with E-state index in [0.717, 1.165) is 7.11 Å². The van der Waals surface area contributed by atoms with Crippen molar-refractivity contribution in [1.29, 1.82) is 0 Å². The molecule has 0 aromatic rings. The zero-order valence-corrected chi connectivity index (χ0v) is 4.92. The first-order chi connectivity index (χ1) is 3.56. The molecule has 0 aromatic heterocycles. The first kappa shape index (κ1) is 10.7. The van der Waals surface area contributed by atoms with Crippen LogP contribution in [0.1, 0.15) is 0 Å². The van der Waals surface area contributed by atoms with Gasteiger partial charge in [-0.15, -0.1) is 0 Å². The van der Waals surface area contributed by atoms with Crippen LogP contribution in [0, 0.1) is 0 Å². The van der Waals surface area contributed by atoms with Crippen molar-refractivity contribution in [3.63, 3.8) is 0 Å². The molecule has 0 atom stereocenters. The van der Waals surface area contributed by atoms with Crippen molar-refractivity contribution in [2.75, 3.05) is 7.11 Å². The lowest BCUT2D eigenvalue weighted by Crippen LogP contribution is -1.96. The van der Waals surface area contributed by atoms with Crippen LogP contribution < -0.4 is 5.90 Å². The molecule has 0 saturated heterocycles. The molecule has 0 radical (unpaired) electrons. The van der Waals surface area contributed by atoms with Gasteiger partial charge >= 0.3 is 10.4 Å². The Morgan fingerprint density at radius 3 is 1.62 bits per heavy atom. The lowest BCUT2D eigenvalue weighted by molar-refractivity contribution is 0.311. The van der Waals surface area contributed by atoms with Crippen molar-refractivity contribution in [2.45, 2.75) is 0 Å². The highest BCUT2D eigenvalue weighted by molar-refractivity contribution is 7.80. The van der Waals surface area contributed by atoms with Crippen LogP contribution in [0.2, 0.25) is 0 Å². The Morgan fingerprint density at radius 1 is 1.50 bits per heavy atom. The summed E-state index contributed by atoms with van der Waals surface area (Å²) in [4.78, 5) is 0. The summed E-state index contributed by atoms with van der Waals surface area (Å²) >= 11 is 0. The van der Waals surface area contributed by atoms with Crippen LogP contribution >= 0.6 is 0 Å². The second-order valence-corrected chi connectivity index (χ2v) is 1.78. The van der Waals surface area contributed by atoms with Gasteiger partial charge in [0, 0.05) is 0 Å². The van der Waals surface area contributed by atoms with E-state index in [1.807, 2.05) is 0 Å². The van der Waals surface area contributed by atoms with E-state index in [9.17, 15) is 8.42 Å². The maximum absolute atomic E-state index is 9.33. The average molecular weight is 145 g/mol. The maximum Gasteiger partial charge on any atom is 0.397 e. The predicted octanol–water partition coefficient (Wildman–Crippen LogP) is -1.23. The highest BCUT2D eigenvalue weighted by atomic mass is 32.3. The van der Waals surface area contributed by atoms with Gasteiger partial charge in [0.15, 0.2) is 0 Å². The Kier molecular flexibility index (Phi) is 6.61. The first-order valence-corrected chi connectivity index (χ1v) is 2.71. The van der Waals surface area contributed by atoms with E-state index < -0.39 is 10.4 Å². The van der Waals surface area contributed by atoms with E-state index in [-0.39, 0.29) is 0 Å². The summed E-state index contributed by atoms with van der Waals surface area (Å²) in [5.74, 6) is 3.50. The van der Waals surface area contributed by atoms with E-state index in [2.05, 4.69) is 10.1 Å². The molecule has 0 heterocycles. The van der Waals surface area contributed by atoms with Crippen molar-refractivity contribution >= 4 is 10.4 Å². The third kappa shape index (κ3) is 17.1. The molecule has 4 N–H and O–H groups in total. The standard InChI is InChI=1S/CH4O4S.H3NO/c1-5-6(2,3)4;1-2/h1H3,(H,2,3,4);2H,1H2. The summed E-state index contributed by atoms with van der Waals surface area (Å²) in [7, 11) is -3.29. The van der Waals surface area contributed by atoms with Gasteiger partial charge in [-0.2, -0.15) is 8.42 Å². The van der Waals surface area contributed by atoms with Crippen LogP contribution in [0.15, 0.2) is 0 Å². The highest BCUT2D eigenvalue weighted by Gasteiger charge is 1.93. The summed E-state index contributed by atoms with van der Waals surface area (Å²) in [6.45, 7) is 0. The van der Waals surface area contributed by atoms with Crippen LogP contribution in [0.5, 0.6) is 0 Å². The smallest absolute Gasteiger partial charge is 0.320 e. The minimum atomic E-state index is -4.16. The van der Waals surface area contributed by atoms with Crippen LogP contribution in [-0.2, 0) is 14.6 Å². The van der Waals surface area contributed by atoms with E-state index in [1.165, 1.54) is 0 Å². The minimum absolute atomic E-state index is 0.870. The van der Waals surface area contributed by atoms with Gasteiger partial charge in [0.1, 0.15) is 0 Å². The molecule has 8 heavy (non-hydrogen) atoms. The molecule has 7 heteroatoms. The number of hydrogen-bond donors (Lipinski definition) is 3. The topological polar surface area (TPSA) is 110 Å². The summed E-state index contributed by atoms with van der Waals surface area (Å²) in [6.07, 6.45) is 0. The molecule has 0 spiro atoms. The monoisotopic (exact) mass is 145 g/mol. The van der Waals surface area contributed by atoms with Crippen molar-refractivity contribution in [3.05, 3.63) is 0 Å². The second kappa shape index (κ2) is 4.94. The fourth-order valence-electron chi connectivity index (χ4n) is 0. The molecular weight excluding hydrogens is 138 g/mol. The van der Waals surface area contributed by atoms with E-state index >= 15 is 0 Å². The molecule has 52 valence electrons. The van der Waals surface area contributed by atoms with E-state index in [1.54, 1.807) is 0 Å². The summed E-state index contributed by atoms with van der Waals surface area (Å²) < 4.78 is 29.7. The molecule has 0 aliphatic rings. The lowest BCUT2D eigenvalue weighted by Gasteiger charge is -1.82. The number of nitrogens with two attached hydrogens (primary N) is 1. The van der Waals surface area contributed by atoms with Gasteiger partial charge < -0.3 is 5.21 Å². The normalized spacial score (nSPS) is 9.50. The van der Waals surface area contributed by atoms with Crippen molar-refractivity contribution < 1.29 is 22.4 Å². The van der Waals surface area contributed by atoms with Crippen LogP contribution in [-0.4, -0.2) is 25.3 Å². The van der Waals surface area contributed by atoms with Gasteiger partial charge in [0.25, 0.3) is 0 Å². The zero-order chi connectivity index (χ0) is 7.21. The predicted molar refractivity (Wildman–Crippen MR) is 24.5 cm³/mol. The molecule has 0 aliphatic heterocycles. The average Bonchev–Trinajstić information content (AvgIpc) is 1.71. The largest absolute Gasteiger partial charge is 0.397 e.